The van der Waals surface area contributed by atoms with Gasteiger partial charge in [-0.2, -0.15) is 5.10 Å². The minimum absolute atomic E-state index is 0.183. The number of hydrogen-bond donors (Lipinski definition) is 1. The van der Waals surface area contributed by atoms with E-state index in [1.54, 1.807) is 7.11 Å². The topological polar surface area (TPSA) is 74.8 Å². The molecule has 6 nitrogen and oxygen atoms in total. The van der Waals surface area contributed by atoms with Gasteiger partial charge in [0.25, 0.3) is 5.56 Å². The fraction of sp³-hybridized carbons (Fsp3) is 0.179. The molecule has 0 aliphatic carbocycles. The van der Waals surface area contributed by atoms with E-state index < -0.39 is 0 Å². The number of H-pyrrole nitrogens is 1. The molecule has 3 aromatic carbocycles. The van der Waals surface area contributed by atoms with E-state index in [0.29, 0.717) is 23.4 Å². The van der Waals surface area contributed by atoms with Gasteiger partial charge in [-0.3, -0.25) is 9.59 Å². The van der Waals surface area contributed by atoms with E-state index in [0.717, 1.165) is 33.2 Å². The number of aryl methyl sites for hydroxylation is 1. The summed E-state index contributed by atoms with van der Waals surface area (Å²) in [6, 6.07) is 23.2. The van der Waals surface area contributed by atoms with Crippen LogP contribution in [0.3, 0.4) is 0 Å². The smallest absolute Gasteiger partial charge is 0.258 e. The van der Waals surface area contributed by atoms with E-state index in [-0.39, 0.29) is 17.5 Å². The molecule has 0 radical (unpaired) electrons. The largest absolute Gasteiger partial charge is 0.497 e. The van der Waals surface area contributed by atoms with Crippen molar-refractivity contribution in [1.29, 1.82) is 0 Å². The predicted molar refractivity (Wildman–Crippen MR) is 134 cm³/mol. The van der Waals surface area contributed by atoms with Crippen LogP contribution in [0.5, 0.6) is 5.75 Å². The average molecular weight is 452 g/mol. The van der Waals surface area contributed by atoms with Gasteiger partial charge in [0.2, 0.25) is 5.91 Å². The summed E-state index contributed by atoms with van der Waals surface area (Å²) in [6.07, 6.45) is 0.424. The monoisotopic (exact) mass is 451 g/mol. The summed E-state index contributed by atoms with van der Waals surface area (Å²) in [7, 11) is 1.61. The van der Waals surface area contributed by atoms with Crippen LogP contribution in [-0.2, 0) is 4.79 Å². The van der Waals surface area contributed by atoms with Crippen molar-refractivity contribution in [3.63, 3.8) is 0 Å². The molecule has 6 heteroatoms. The van der Waals surface area contributed by atoms with Crippen molar-refractivity contribution in [2.24, 2.45) is 5.10 Å². The number of aromatic nitrogens is 1. The van der Waals surface area contributed by atoms with Gasteiger partial charge in [0.1, 0.15) is 5.75 Å². The highest BCUT2D eigenvalue weighted by Crippen LogP contribution is 2.37. The number of fused-ring (bicyclic) bond motifs is 1. The first-order chi connectivity index (χ1) is 16.5. The lowest BCUT2D eigenvalue weighted by Crippen LogP contribution is -2.24. The lowest BCUT2D eigenvalue weighted by atomic mass is 9.90. The number of carbonyl (C=O) groups is 1. The van der Waals surface area contributed by atoms with Crippen molar-refractivity contribution >= 4 is 22.5 Å². The summed E-state index contributed by atoms with van der Waals surface area (Å²) < 4.78 is 5.38. The van der Waals surface area contributed by atoms with Crippen LogP contribution in [0.25, 0.3) is 22.0 Å². The molecule has 1 N–H and O–H groups in total. The van der Waals surface area contributed by atoms with Crippen LogP contribution in [0.2, 0.25) is 0 Å². The SMILES string of the molecule is COc1cccc([C@@H]2CC(c3c(-c4ccccc4)c4cc(C)ccc4[nH]c3=O)=NN2C(C)=O)c1. The summed E-state index contributed by atoms with van der Waals surface area (Å²) in [5.41, 5.74) is 5.40. The predicted octanol–water partition coefficient (Wildman–Crippen LogP) is 5.21. The summed E-state index contributed by atoms with van der Waals surface area (Å²) in [5, 5.41) is 7.10. The Morgan fingerprint density at radius 3 is 2.56 bits per heavy atom. The number of pyridine rings is 1. The molecule has 34 heavy (non-hydrogen) atoms. The molecule has 170 valence electrons. The van der Waals surface area contributed by atoms with Crippen LogP contribution in [0.15, 0.2) is 82.7 Å². The first-order valence-corrected chi connectivity index (χ1v) is 11.2. The van der Waals surface area contributed by atoms with Crippen LogP contribution in [0.4, 0.5) is 0 Å². The Morgan fingerprint density at radius 2 is 1.82 bits per heavy atom. The van der Waals surface area contributed by atoms with E-state index in [1.165, 1.54) is 11.9 Å². The van der Waals surface area contributed by atoms with Gasteiger partial charge in [0, 0.05) is 29.8 Å². The summed E-state index contributed by atoms with van der Waals surface area (Å²) in [4.78, 5) is 29.0. The zero-order chi connectivity index (χ0) is 23.8. The van der Waals surface area contributed by atoms with Crippen molar-refractivity contribution in [3.05, 3.63) is 99.8 Å². The molecule has 0 spiro atoms. The molecule has 0 saturated heterocycles. The third-order valence-corrected chi connectivity index (χ3v) is 6.23. The van der Waals surface area contributed by atoms with Crippen molar-refractivity contribution in [1.82, 2.24) is 9.99 Å². The zero-order valence-electron chi connectivity index (χ0n) is 19.3. The average Bonchev–Trinajstić information content (AvgIpc) is 3.29. The maximum Gasteiger partial charge on any atom is 0.258 e. The number of aromatic amines is 1. The number of methoxy groups -OCH3 is 1. The molecule has 4 aromatic rings. The normalized spacial score (nSPS) is 15.4. The van der Waals surface area contributed by atoms with Gasteiger partial charge in [-0.25, -0.2) is 5.01 Å². The molecule has 0 unspecified atom stereocenters. The van der Waals surface area contributed by atoms with Crippen molar-refractivity contribution in [2.75, 3.05) is 7.11 Å². The van der Waals surface area contributed by atoms with Gasteiger partial charge < -0.3 is 9.72 Å². The number of rotatable bonds is 4. The van der Waals surface area contributed by atoms with Gasteiger partial charge in [-0.1, -0.05) is 54.1 Å². The number of hydrazone groups is 1. The van der Waals surface area contributed by atoms with Gasteiger partial charge in [0.15, 0.2) is 0 Å². The minimum atomic E-state index is -0.321. The lowest BCUT2D eigenvalue weighted by Gasteiger charge is -2.20. The van der Waals surface area contributed by atoms with Crippen LogP contribution < -0.4 is 10.3 Å². The molecular formula is C28H25N3O3. The van der Waals surface area contributed by atoms with E-state index in [9.17, 15) is 9.59 Å². The van der Waals surface area contributed by atoms with Crippen LogP contribution >= 0.6 is 0 Å². The van der Waals surface area contributed by atoms with Crippen molar-refractivity contribution < 1.29 is 9.53 Å². The van der Waals surface area contributed by atoms with Gasteiger partial charge in [0.05, 0.1) is 24.4 Å². The highest BCUT2D eigenvalue weighted by atomic mass is 16.5. The Bertz CT molecular complexity index is 1490. The first-order valence-electron chi connectivity index (χ1n) is 11.2. The van der Waals surface area contributed by atoms with Gasteiger partial charge in [-0.15, -0.1) is 0 Å². The van der Waals surface area contributed by atoms with E-state index >= 15 is 0 Å². The number of ether oxygens (including phenoxy) is 1. The van der Waals surface area contributed by atoms with Crippen LogP contribution in [-0.4, -0.2) is 28.7 Å². The Kier molecular flexibility index (Phi) is 5.49. The quantitative estimate of drug-likeness (QED) is 0.463. The third kappa shape index (κ3) is 3.77. The molecule has 0 saturated carbocycles. The second-order valence-electron chi connectivity index (χ2n) is 8.53. The van der Waals surface area contributed by atoms with Crippen molar-refractivity contribution in [2.45, 2.75) is 26.3 Å². The van der Waals surface area contributed by atoms with E-state index in [1.807, 2.05) is 73.7 Å². The molecule has 1 aromatic heterocycles. The maximum atomic E-state index is 13.5. The molecule has 5 rings (SSSR count). The molecule has 1 aliphatic heterocycles. The second kappa shape index (κ2) is 8.63. The number of benzene rings is 3. The number of hydrogen-bond acceptors (Lipinski definition) is 4. The van der Waals surface area contributed by atoms with E-state index in [2.05, 4.69) is 16.2 Å². The van der Waals surface area contributed by atoms with Crippen molar-refractivity contribution in [3.8, 4) is 16.9 Å². The fourth-order valence-corrected chi connectivity index (χ4v) is 4.65. The number of nitrogens with one attached hydrogen (secondary N) is 1. The fourth-order valence-electron chi connectivity index (χ4n) is 4.65. The Morgan fingerprint density at radius 1 is 1.03 bits per heavy atom. The van der Waals surface area contributed by atoms with Gasteiger partial charge in [-0.05, 0) is 42.3 Å². The Balaban J connectivity index is 1.73. The molecule has 0 fully saturated rings. The van der Waals surface area contributed by atoms with E-state index in [4.69, 9.17) is 4.74 Å². The van der Waals surface area contributed by atoms with Crippen LogP contribution in [0.1, 0.15) is 36.1 Å². The number of nitrogens with zero attached hydrogens (tertiary/aromatic N) is 2. The molecular weight excluding hydrogens is 426 g/mol. The maximum absolute atomic E-state index is 13.5. The summed E-state index contributed by atoms with van der Waals surface area (Å²) in [5.74, 6) is 0.524. The molecule has 1 amide bonds. The Labute approximate surface area is 197 Å². The highest BCUT2D eigenvalue weighted by molar-refractivity contribution is 6.12. The summed E-state index contributed by atoms with van der Waals surface area (Å²) >= 11 is 0. The zero-order valence-corrected chi connectivity index (χ0v) is 19.3. The standard InChI is InChI=1S/C28H25N3O3/c1-17-12-13-23-22(14-17)26(19-8-5-4-6-9-19)27(28(33)29-23)24-16-25(31(30-24)18(2)32)20-10-7-11-21(15-20)34-3/h4-15,25H,16H2,1-3H3,(H,29,33)/t25-/m0/s1. The Hall–Kier alpha value is -4.19. The summed E-state index contributed by atoms with van der Waals surface area (Å²) in [6.45, 7) is 3.52. The molecule has 1 aliphatic rings. The van der Waals surface area contributed by atoms with Crippen LogP contribution in [0, 0.1) is 6.92 Å². The lowest BCUT2D eigenvalue weighted by molar-refractivity contribution is -0.130. The van der Waals surface area contributed by atoms with Gasteiger partial charge >= 0.3 is 0 Å². The number of amides is 1. The third-order valence-electron chi connectivity index (χ3n) is 6.23. The minimum Gasteiger partial charge on any atom is -0.497 e. The molecule has 1 atom stereocenters. The first kappa shape index (κ1) is 21.6. The number of carbonyl (C=O) groups excluding carboxylic acids is 1. The highest BCUT2D eigenvalue weighted by Gasteiger charge is 2.34. The molecule has 0 bridgehead atoms. The molecule has 2 heterocycles. The second-order valence-corrected chi connectivity index (χ2v) is 8.53.